The van der Waals surface area contributed by atoms with Gasteiger partial charge in [0.05, 0.1) is 11.5 Å². The molecule has 1 saturated heterocycles. The van der Waals surface area contributed by atoms with Gasteiger partial charge in [-0.05, 0) is 26.0 Å². The Labute approximate surface area is 135 Å². The van der Waals surface area contributed by atoms with Gasteiger partial charge in [-0.25, -0.2) is 13.2 Å². The van der Waals surface area contributed by atoms with E-state index in [2.05, 4.69) is 0 Å². The first-order chi connectivity index (χ1) is 10.9. The van der Waals surface area contributed by atoms with Crippen molar-refractivity contribution in [3.63, 3.8) is 0 Å². The second-order valence-corrected chi connectivity index (χ2v) is 7.11. The van der Waals surface area contributed by atoms with Crippen molar-refractivity contribution in [3.8, 4) is 0 Å². The van der Waals surface area contributed by atoms with Crippen molar-refractivity contribution in [3.05, 3.63) is 29.8 Å². The van der Waals surface area contributed by atoms with E-state index in [1.54, 1.807) is 6.92 Å². The molecule has 1 fully saturated rings. The van der Waals surface area contributed by atoms with E-state index < -0.39 is 16.1 Å². The van der Waals surface area contributed by atoms with E-state index in [1.807, 2.05) is 0 Å². The number of hydrogen-bond acceptors (Lipinski definition) is 5. The van der Waals surface area contributed by atoms with Crippen LogP contribution in [0.25, 0.3) is 0 Å². The lowest BCUT2D eigenvalue weighted by molar-refractivity contribution is 0.0933. The molecule has 0 aliphatic carbocycles. The topological polar surface area (TPSA) is 84.0 Å². The Morgan fingerprint density at radius 2 is 1.65 bits per heavy atom. The summed E-state index contributed by atoms with van der Waals surface area (Å²) in [6.45, 7) is 4.47. The van der Waals surface area contributed by atoms with Crippen LogP contribution < -0.4 is 0 Å². The predicted molar refractivity (Wildman–Crippen MR) is 83.8 cm³/mol. The molecule has 8 heteroatoms. The molecule has 0 N–H and O–H groups in total. The molecule has 0 atom stereocenters. The lowest BCUT2D eigenvalue weighted by Gasteiger charge is -2.33. The van der Waals surface area contributed by atoms with Crippen LogP contribution in [0.3, 0.4) is 0 Å². The molecule has 2 rings (SSSR count). The zero-order valence-electron chi connectivity index (χ0n) is 13.2. The van der Waals surface area contributed by atoms with Gasteiger partial charge in [0.25, 0.3) is 0 Å². The van der Waals surface area contributed by atoms with Crippen LogP contribution in [0.15, 0.2) is 29.2 Å². The monoisotopic (exact) mass is 340 g/mol. The van der Waals surface area contributed by atoms with Gasteiger partial charge in [0.15, 0.2) is 5.78 Å². The zero-order valence-corrected chi connectivity index (χ0v) is 14.0. The number of ether oxygens (including phenoxy) is 1. The Morgan fingerprint density at radius 3 is 2.13 bits per heavy atom. The molecule has 0 bridgehead atoms. The largest absolute Gasteiger partial charge is 0.450 e. The van der Waals surface area contributed by atoms with Gasteiger partial charge in [0.2, 0.25) is 10.0 Å². The van der Waals surface area contributed by atoms with Crippen LogP contribution in [0, 0.1) is 0 Å². The smallest absolute Gasteiger partial charge is 0.409 e. The minimum Gasteiger partial charge on any atom is -0.450 e. The Hall–Kier alpha value is -1.93. The summed E-state index contributed by atoms with van der Waals surface area (Å²) in [5.41, 5.74) is 0.469. The Bertz CT molecular complexity index is 676. The summed E-state index contributed by atoms with van der Waals surface area (Å²) in [6, 6.07) is 5.88. The summed E-state index contributed by atoms with van der Waals surface area (Å²) in [6.07, 6.45) is -0.421. The van der Waals surface area contributed by atoms with Crippen LogP contribution in [0.2, 0.25) is 0 Å². The molecular weight excluding hydrogens is 320 g/mol. The van der Waals surface area contributed by atoms with Gasteiger partial charge in [0.1, 0.15) is 0 Å². The van der Waals surface area contributed by atoms with Gasteiger partial charge in [-0.1, -0.05) is 12.1 Å². The van der Waals surface area contributed by atoms with Crippen molar-refractivity contribution < 1.29 is 22.7 Å². The second kappa shape index (κ2) is 7.10. The molecule has 1 heterocycles. The molecule has 1 aromatic carbocycles. The molecule has 1 amide bonds. The highest BCUT2D eigenvalue weighted by Gasteiger charge is 2.30. The Kier molecular flexibility index (Phi) is 5.38. The van der Waals surface area contributed by atoms with E-state index in [-0.39, 0.29) is 23.8 Å². The molecule has 1 aliphatic heterocycles. The van der Waals surface area contributed by atoms with Crippen LogP contribution in [-0.4, -0.2) is 62.3 Å². The summed E-state index contributed by atoms with van der Waals surface area (Å²) >= 11 is 0. The SMILES string of the molecule is CCOC(=O)N1CCN(S(=O)(=O)c2ccc(C(C)=O)cc2)CC1. The third-order valence-electron chi connectivity index (χ3n) is 3.66. The highest BCUT2D eigenvalue weighted by Crippen LogP contribution is 2.18. The summed E-state index contributed by atoms with van der Waals surface area (Å²) in [5.74, 6) is -0.114. The molecular formula is C15H20N2O5S. The molecule has 23 heavy (non-hydrogen) atoms. The maximum absolute atomic E-state index is 12.6. The standard InChI is InChI=1S/C15H20N2O5S/c1-3-22-15(19)16-8-10-17(11-9-16)23(20,21)14-6-4-13(5-7-14)12(2)18/h4-7H,3,8-11H2,1-2H3. The molecule has 0 unspecified atom stereocenters. The van der Waals surface area contributed by atoms with Gasteiger partial charge in [0, 0.05) is 31.7 Å². The number of sulfonamides is 1. The van der Waals surface area contributed by atoms with Crippen molar-refractivity contribution in [2.24, 2.45) is 0 Å². The minimum absolute atomic E-state index is 0.114. The number of benzene rings is 1. The van der Waals surface area contributed by atoms with Crippen molar-refractivity contribution in [2.45, 2.75) is 18.7 Å². The average molecular weight is 340 g/mol. The van der Waals surface area contributed by atoms with Crippen molar-refractivity contribution in [1.82, 2.24) is 9.21 Å². The first-order valence-electron chi connectivity index (χ1n) is 7.39. The van der Waals surface area contributed by atoms with Crippen LogP contribution >= 0.6 is 0 Å². The van der Waals surface area contributed by atoms with Gasteiger partial charge in [-0.15, -0.1) is 0 Å². The van der Waals surface area contributed by atoms with Crippen LogP contribution in [0.5, 0.6) is 0 Å². The van der Waals surface area contributed by atoms with Gasteiger partial charge < -0.3 is 9.64 Å². The number of nitrogens with zero attached hydrogens (tertiary/aromatic N) is 2. The number of rotatable bonds is 4. The fourth-order valence-corrected chi connectivity index (χ4v) is 3.76. The normalized spacial score (nSPS) is 16.2. The number of amides is 1. The number of carbonyl (C=O) groups excluding carboxylic acids is 2. The molecule has 7 nitrogen and oxygen atoms in total. The van der Waals surface area contributed by atoms with Crippen molar-refractivity contribution in [1.29, 1.82) is 0 Å². The van der Waals surface area contributed by atoms with Gasteiger partial charge >= 0.3 is 6.09 Å². The predicted octanol–water partition coefficient (Wildman–Crippen LogP) is 1.35. The maximum atomic E-state index is 12.6. The van der Waals surface area contributed by atoms with Crippen LogP contribution in [-0.2, 0) is 14.8 Å². The lowest BCUT2D eigenvalue weighted by atomic mass is 10.2. The van der Waals surface area contributed by atoms with E-state index in [1.165, 1.54) is 40.4 Å². The summed E-state index contributed by atoms with van der Waals surface area (Å²) < 4.78 is 31.4. The first kappa shape index (κ1) is 17.4. The van der Waals surface area contributed by atoms with E-state index in [0.29, 0.717) is 25.3 Å². The van der Waals surface area contributed by atoms with Gasteiger partial charge in [-0.2, -0.15) is 4.31 Å². The highest BCUT2D eigenvalue weighted by atomic mass is 32.2. The number of Topliss-reactive ketones (excluding diaryl/α,β-unsaturated/α-hetero) is 1. The zero-order chi connectivity index (χ0) is 17.0. The molecule has 1 aromatic rings. The number of piperazine rings is 1. The molecule has 0 aromatic heterocycles. The minimum atomic E-state index is -3.62. The van der Waals surface area contributed by atoms with E-state index >= 15 is 0 Å². The number of carbonyl (C=O) groups is 2. The second-order valence-electron chi connectivity index (χ2n) is 5.17. The van der Waals surface area contributed by atoms with Crippen molar-refractivity contribution >= 4 is 21.9 Å². The average Bonchev–Trinajstić information content (AvgIpc) is 2.55. The Morgan fingerprint density at radius 1 is 1.09 bits per heavy atom. The summed E-state index contributed by atoms with van der Waals surface area (Å²) in [4.78, 5) is 24.5. The lowest BCUT2D eigenvalue weighted by Crippen LogP contribution is -2.50. The fraction of sp³-hybridized carbons (Fsp3) is 0.467. The third kappa shape index (κ3) is 3.89. The molecule has 1 aliphatic rings. The fourth-order valence-electron chi connectivity index (χ4n) is 2.34. The van der Waals surface area contributed by atoms with Gasteiger partial charge in [-0.3, -0.25) is 4.79 Å². The molecule has 0 radical (unpaired) electrons. The van der Waals surface area contributed by atoms with E-state index in [0.717, 1.165) is 0 Å². The first-order valence-corrected chi connectivity index (χ1v) is 8.83. The van der Waals surface area contributed by atoms with E-state index in [9.17, 15) is 18.0 Å². The summed E-state index contributed by atoms with van der Waals surface area (Å²) in [5, 5.41) is 0. The van der Waals surface area contributed by atoms with E-state index in [4.69, 9.17) is 4.74 Å². The Balaban J connectivity index is 2.07. The van der Waals surface area contributed by atoms with Crippen LogP contribution in [0.4, 0.5) is 4.79 Å². The molecule has 126 valence electrons. The maximum Gasteiger partial charge on any atom is 0.409 e. The number of ketones is 1. The highest BCUT2D eigenvalue weighted by molar-refractivity contribution is 7.89. The quantitative estimate of drug-likeness (QED) is 0.773. The molecule has 0 spiro atoms. The molecule has 0 saturated carbocycles. The van der Waals surface area contributed by atoms with Crippen LogP contribution in [0.1, 0.15) is 24.2 Å². The summed E-state index contributed by atoms with van der Waals surface area (Å²) in [7, 11) is -3.62. The van der Waals surface area contributed by atoms with Crippen molar-refractivity contribution in [2.75, 3.05) is 32.8 Å². The third-order valence-corrected chi connectivity index (χ3v) is 5.58. The number of hydrogen-bond donors (Lipinski definition) is 0.